The fourth-order valence-electron chi connectivity index (χ4n) is 2.12. The van der Waals surface area contributed by atoms with E-state index in [0.29, 0.717) is 36.2 Å². The van der Waals surface area contributed by atoms with Crippen molar-refractivity contribution in [2.45, 2.75) is 25.4 Å². The normalized spacial score (nSPS) is 17.8. The van der Waals surface area contributed by atoms with E-state index in [0.717, 1.165) is 6.54 Å². The molecule has 0 saturated carbocycles. The topological polar surface area (TPSA) is 87.6 Å². The zero-order valence-corrected chi connectivity index (χ0v) is 12.6. The first kappa shape index (κ1) is 15.1. The summed E-state index contributed by atoms with van der Waals surface area (Å²) < 4.78 is 5.23. The van der Waals surface area contributed by atoms with Crippen LogP contribution in [-0.2, 0) is 4.74 Å². The molecule has 1 aromatic heterocycles. The summed E-state index contributed by atoms with van der Waals surface area (Å²) in [5.41, 5.74) is -0.863. The van der Waals surface area contributed by atoms with Crippen molar-refractivity contribution in [1.82, 2.24) is 15.1 Å². The van der Waals surface area contributed by atoms with Crippen molar-refractivity contribution in [3.05, 3.63) is 5.01 Å². The fourth-order valence-corrected chi connectivity index (χ4v) is 2.92. The Kier molecular flexibility index (Phi) is 4.90. The molecular weight excluding hydrogens is 280 g/mol. The zero-order valence-electron chi connectivity index (χ0n) is 11.8. The van der Waals surface area contributed by atoms with Crippen LogP contribution in [0.3, 0.4) is 0 Å². The molecule has 2 N–H and O–H groups in total. The number of nitrogens with zero attached hydrogens (tertiary/aromatic N) is 3. The molecule has 1 fully saturated rings. The maximum absolute atomic E-state index is 12.2. The first-order chi connectivity index (χ1) is 9.54. The smallest absolute Gasteiger partial charge is 0.284 e. The Bertz CT molecular complexity index is 459. The molecule has 1 saturated heterocycles. The highest BCUT2D eigenvalue weighted by atomic mass is 32.1. The Balaban J connectivity index is 1.96. The second kappa shape index (κ2) is 6.47. The number of aliphatic hydroxyl groups is 1. The van der Waals surface area contributed by atoms with Crippen molar-refractivity contribution in [1.29, 1.82) is 0 Å². The van der Waals surface area contributed by atoms with Crippen LogP contribution in [0.1, 0.15) is 29.6 Å². The van der Waals surface area contributed by atoms with Gasteiger partial charge < -0.3 is 20.1 Å². The third-order valence-corrected chi connectivity index (χ3v) is 4.11. The Labute approximate surface area is 122 Å². The second-order valence-electron chi connectivity index (χ2n) is 4.94. The standard InChI is InChI=1S/C12H20N4O3S/c1-3-13-11-15-14-9(20-11)10(17)16(2)8-12(18)4-6-19-7-5-12/h18H,3-8H2,1-2H3,(H,13,15). The molecule has 0 aliphatic carbocycles. The van der Waals surface area contributed by atoms with Gasteiger partial charge in [-0.05, 0) is 6.92 Å². The lowest BCUT2D eigenvalue weighted by atomic mass is 9.94. The Morgan fingerprint density at radius 3 is 2.85 bits per heavy atom. The molecule has 1 aliphatic heterocycles. The monoisotopic (exact) mass is 300 g/mol. The van der Waals surface area contributed by atoms with E-state index in [1.165, 1.54) is 16.2 Å². The highest BCUT2D eigenvalue weighted by molar-refractivity contribution is 7.17. The lowest BCUT2D eigenvalue weighted by molar-refractivity contribution is -0.0734. The van der Waals surface area contributed by atoms with E-state index < -0.39 is 5.60 Å². The highest BCUT2D eigenvalue weighted by Crippen LogP contribution is 2.23. The van der Waals surface area contributed by atoms with Crippen molar-refractivity contribution in [2.24, 2.45) is 0 Å². The summed E-state index contributed by atoms with van der Waals surface area (Å²) in [5.74, 6) is -0.216. The summed E-state index contributed by atoms with van der Waals surface area (Å²) in [6, 6.07) is 0. The predicted octanol–water partition coefficient (Wildman–Crippen LogP) is 0.583. The highest BCUT2D eigenvalue weighted by Gasteiger charge is 2.33. The van der Waals surface area contributed by atoms with Gasteiger partial charge in [-0.2, -0.15) is 0 Å². The number of amides is 1. The molecule has 8 heteroatoms. The summed E-state index contributed by atoms with van der Waals surface area (Å²) in [5, 5.41) is 22.2. The number of carbonyl (C=O) groups excluding carboxylic acids is 1. The van der Waals surface area contributed by atoms with Crippen LogP contribution in [0.25, 0.3) is 0 Å². The minimum Gasteiger partial charge on any atom is -0.388 e. The second-order valence-corrected chi connectivity index (χ2v) is 5.92. The van der Waals surface area contributed by atoms with Crippen LogP contribution in [0.2, 0.25) is 0 Å². The summed E-state index contributed by atoms with van der Waals surface area (Å²) >= 11 is 1.22. The number of anilines is 1. The summed E-state index contributed by atoms with van der Waals surface area (Å²) in [7, 11) is 1.67. The first-order valence-corrected chi connectivity index (χ1v) is 7.49. The van der Waals surface area contributed by atoms with E-state index >= 15 is 0 Å². The van der Waals surface area contributed by atoms with Gasteiger partial charge in [0.25, 0.3) is 5.91 Å². The molecule has 1 aromatic rings. The molecule has 0 aromatic carbocycles. The van der Waals surface area contributed by atoms with E-state index in [4.69, 9.17) is 4.74 Å². The van der Waals surface area contributed by atoms with E-state index in [-0.39, 0.29) is 12.5 Å². The van der Waals surface area contributed by atoms with Gasteiger partial charge in [0.05, 0.1) is 5.60 Å². The average molecular weight is 300 g/mol. The number of nitrogens with one attached hydrogen (secondary N) is 1. The maximum atomic E-state index is 12.2. The lowest BCUT2D eigenvalue weighted by Gasteiger charge is -2.35. The zero-order chi connectivity index (χ0) is 14.6. The van der Waals surface area contributed by atoms with Gasteiger partial charge in [-0.3, -0.25) is 4.79 Å². The molecule has 20 heavy (non-hydrogen) atoms. The minimum absolute atomic E-state index is 0.216. The van der Waals surface area contributed by atoms with Crippen molar-refractivity contribution >= 4 is 22.4 Å². The van der Waals surface area contributed by atoms with E-state index in [9.17, 15) is 9.90 Å². The predicted molar refractivity (Wildman–Crippen MR) is 76.0 cm³/mol. The minimum atomic E-state index is -0.863. The van der Waals surface area contributed by atoms with Gasteiger partial charge in [0.1, 0.15) is 0 Å². The van der Waals surface area contributed by atoms with E-state index in [2.05, 4.69) is 15.5 Å². The van der Waals surface area contributed by atoms with Gasteiger partial charge in [0, 0.05) is 46.2 Å². The maximum Gasteiger partial charge on any atom is 0.284 e. The fraction of sp³-hybridized carbons (Fsp3) is 0.750. The molecule has 1 aliphatic rings. The van der Waals surface area contributed by atoms with E-state index in [1.807, 2.05) is 6.92 Å². The molecule has 7 nitrogen and oxygen atoms in total. The van der Waals surface area contributed by atoms with Crippen LogP contribution in [0, 0.1) is 0 Å². The average Bonchev–Trinajstić information content (AvgIpc) is 2.87. The molecule has 0 atom stereocenters. The Hall–Kier alpha value is -1.25. The van der Waals surface area contributed by atoms with Gasteiger partial charge in [-0.1, -0.05) is 11.3 Å². The largest absolute Gasteiger partial charge is 0.388 e. The SMILES string of the molecule is CCNc1nnc(C(=O)N(C)CC2(O)CCOCC2)s1. The molecule has 0 radical (unpaired) electrons. The number of ether oxygens (including phenoxy) is 1. The summed E-state index contributed by atoms with van der Waals surface area (Å²) in [4.78, 5) is 13.7. The van der Waals surface area contributed by atoms with Gasteiger partial charge in [0.15, 0.2) is 0 Å². The quantitative estimate of drug-likeness (QED) is 0.827. The Morgan fingerprint density at radius 2 is 2.20 bits per heavy atom. The van der Waals surface area contributed by atoms with Gasteiger partial charge in [-0.15, -0.1) is 10.2 Å². The summed E-state index contributed by atoms with van der Waals surface area (Å²) in [6.45, 7) is 4.03. The number of hydrogen-bond donors (Lipinski definition) is 2. The lowest BCUT2D eigenvalue weighted by Crippen LogP contribution is -2.47. The molecule has 112 valence electrons. The van der Waals surface area contributed by atoms with Crippen molar-refractivity contribution < 1.29 is 14.6 Å². The number of carbonyl (C=O) groups is 1. The number of hydrogen-bond acceptors (Lipinski definition) is 7. The van der Waals surface area contributed by atoms with Crippen LogP contribution >= 0.6 is 11.3 Å². The van der Waals surface area contributed by atoms with Crippen LogP contribution in [0.5, 0.6) is 0 Å². The first-order valence-electron chi connectivity index (χ1n) is 6.67. The van der Waals surface area contributed by atoms with Crippen LogP contribution in [0.15, 0.2) is 0 Å². The van der Waals surface area contributed by atoms with Crippen LogP contribution in [0.4, 0.5) is 5.13 Å². The van der Waals surface area contributed by atoms with Crippen LogP contribution in [-0.4, -0.2) is 65.1 Å². The summed E-state index contributed by atoms with van der Waals surface area (Å²) in [6.07, 6.45) is 1.09. The molecule has 0 spiro atoms. The number of aromatic nitrogens is 2. The molecular formula is C12H20N4O3S. The van der Waals surface area contributed by atoms with Crippen molar-refractivity contribution in [3.8, 4) is 0 Å². The number of rotatable bonds is 5. The third-order valence-electron chi connectivity index (χ3n) is 3.24. The molecule has 0 bridgehead atoms. The molecule has 2 rings (SSSR count). The van der Waals surface area contributed by atoms with Gasteiger partial charge >= 0.3 is 0 Å². The van der Waals surface area contributed by atoms with Gasteiger partial charge in [-0.25, -0.2) is 0 Å². The van der Waals surface area contributed by atoms with Crippen LogP contribution < -0.4 is 5.32 Å². The molecule has 0 unspecified atom stereocenters. The van der Waals surface area contributed by atoms with Gasteiger partial charge in [0.2, 0.25) is 10.1 Å². The molecule has 1 amide bonds. The Morgan fingerprint density at radius 1 is 1.50 bits per heavy atom. The third kappa shape index (κ3) is 3.65. The van der Waals surface area contributed by atoms with Crippen molar-refractivity contribution in [3.63, 3.8) is 0 Å². The van der Waals surface area contributed by atoms with E-state index in [1.54, 1.807) is 7.05 Å². The van der Waals surface area contributed by atoms with Crippen molar-refractivity contribution in [2.75, 3.05) is 38.7 Å². The molecule has 2 heterocycles. The number of likely N-dealkylation sites (N-methyl/N-ethyl adjacent to an activating group) is 1.